The van der Waals surface area contributed by atoms with Crippen molar-refractivity contribution < 1.29 is 4.79 Å². The van der Waals surface area contributed by atoms with E-state index in [-0.39, 0.29) is 5.54 Å². The Kier molecular flexibility index (Phi) is 9.20. The second kappa shape index (κ2) is 13.0. The van der Waals surface area contributed by atoms with Crippen molar-refractivity contribution in [1.82, 2.24) is 9.80 Å². The van der Waals surface area contributed by atoms with Gasteiger partial charge in [0.1, 0.15) is 5.54 Å². The van der Waals surface area contributed by atoms with Crippen LogP contribution in [0.3, 0.4) is 0 Å². The van der Waals surface area contributed by atoms with Crippen molar-refractivity contribution >= 4 is 11.6 Å². The Balaban J connectivity index is 1.23. The van der Waals surface area contributed by atoms with Gasteiger partial charge >= 0.3 is 0 Å². The number of carbonyl (C=O) groups excluding carboxylic acids is 1. The number of unbranched alkanes of at least 4 members (excludes halogenated alkanes) is 1. The Hall–Kier alpha value is -2.33. The topological polar surface area (TPSA) is 26.8 Å². The fourth-order valence-corrected chi connectivity index (χ4v) is 7.06. The molecule has 3 aliphatic rings. The zero-order chi connectivity index (χ0) is 25.3. The molecule has 2 heterocycles. The summed E-state index contributed by atoms with van der Waals surface area (Å²) in [4.78, 5) is 21.4. The standard InChI is InChI=1S/C33H47N3O/c37-32-33(23-26-34(27-24-33)30-19-10-4-2-1-3-5-11-20-30)36(31-21-12-7-13-22-31)28-35(32)25-15-14-18-29-16-8-6-9-17-29/h6-9,12-13,16-17,21-22,30H,1-5,10-11,14-15,18-20,23-28H2. The van der Waals surface area contributed by atoms with Crippen molar-refractivity contribution in [3.8, 4) is 0 Å². The predicted molar refractivity (Wildman–Crippen MR) is 154 cm³/mol. The van der Waals surface area contributed by atoms with Crippen LogP contribution in [0.2, 0.25) is 0 Å². The van der Waals surface area contributed by atoms with E-state index in [1.54, 1.807) is 0 Å². The Bertz CT molecular complexity index is 944. The van der Waals surface area contributed by atoms with Crippen LogP contribution in [0.1, 0.15) is 89.0 Å². The number of benzene rings is 2. The van der Waals surface area contributed by atoms with Gasteiger partial charge in [0.05, 0.1) is 6.67 Å². The lowest BCUT2D eigenvalue weighted by molar-refractivity contribution is -0.133. The average Bonchev–Trinajstić information content (AvgIpc) is 3.22. The molecule has 1 amide bonds. The summed E-state index contributed by atoms with van der Waals surface area (Å²) >= 11 is 0. The number of piperidine rings is 1. The van der Waals surface area contributed by atoms with Crippen LogP contribution in [0.25, 0.3) is 0 Å². The number of likely N-dealkylation sites (tertiary alicyclic amines) is 1. The van der Waals surface area contributed by atoms with E-state index in [1.807, 2.05) is 0 Å². The van der Waals surface area contributed by atoms with Gasteiger partial charge in [0.25, 0.3) is 0 Å². The van der Waals surface area contributed by atoms with Gasteiger partial charge in [0, 0.05) is 31.4 Å². The van der Waals surface area contributed by atoms with Crippen LogP contribution < -0.4 is 4.90 Å². The Morgan fingerprint density at radius 3 is 1.97 bits per heavy atom. The third kappa shape index (κ3) is 6.39. The maximum absolute atomic E-state index is 14.1. The number of para-hydroxylation sites is 1. The van der Waals surface area contributed by atoms with Gasteiger partial charge in [-0.15, -0.1) is 0 Å². The molecule has 1 spiro atoms. The average molecular weight is 502 g/mol. The molecule has 0 bridgehead atoms. The zero-order valence-corrected chi connectivity index (χ0v) is 22.8. The molecule has 2 aromatic carbocycles. The molecule has 0 radical (unpaired) electrons. The summed E-state index contributed by atoms with van der Waals surface area (Å²) in [7, 11) is 0. The van der Waals surface area contributed by atoms with Crippen molar-refractivity contribution in [1.29, 1.82) is 0 Å². The quantitative estimate of drug-likeness (QED) is 0.381. The van der Waals surface area contributed by atoms with E-state index in [9.17, 15) is 4.79 Å². The molecule has 0 unspecified atom stereocenters. The summed E-state index contributed by atoms with van der Waals surface area (Å²) in [6, 6.07) is 22.2. The van der Waals surface area contributed by atoms with E-state index in [4.69, 9.17) is 0 Å². The fraction of sp³-hybridized carbons (Fsp3) is 0.606. The van der Waals surface area contributed by atoms with Crippen molar-refractivity contribution in [2.75, 3.05) is 31.2 Å². The van der Waals surface area contributed by atoms with Gasteiger partial charge in [-0.3, -0.25) is 4.79 Å². The van der Waals surface area contributed by atoms with Crippen LogP contribution in [-0.2, 0) is 11.2 Å². The van der Waals surface area contributed by atoms with Gasteiger partial charge in [-0.2, -0.15) is 0 Å². The summed E-state index contributed by atoms with van der Waals surface area (Å²) in [5.74, 6) is 0.377. The van der Waals surface area contributed by atoms with Crippen molar-refractivity contribution in [2.24, 2.45) is 0 Å². The first kappa shape index (κ1) is 26.3. The van der Waals surface area contributed by atoms with Crippen molar-refractivity contribution in [2.45, 2.75) is 101 Å². The van der Waals surface area contributed by atoms with Gasteiger partial charge in [-0.1, -0.05) is 93.5 Å². The highest BCUT2D eigenvalue weighted by atomic mass is 16.2. The van der Waals surface area contributed by atoms with E-state index < -0.39 is 0 Å². The first-order chi connectivity index (χ1) is 18.3. The lowest BCUT2D eigenvalue weighted by atomic mass is 9.84. The maximum atomic E-state index is 14.1. The van der Waals surface area contributed by atoms with Crippen LogP contribution in [0, 0.1) is 0 Å². The minimum atomic E-state index is -0.368. The number of hydrogen-bond acceptors (Lipinski definition) is 3. The van der Waals surface area contributed by atoms with Crippen LogP contribution >= 0.6 is 0 Å². The van der Waals surface area contributed by atoms with E-state index in [0.29, 0.717) is 11.9 Å². The monoisotopic (exact) mass is 501 g/mol. The normalized spacial score (nSPS) is 22.0. The number of anilines is 1. The van der Waals surface area contributed by atoms with E-state index >= 15 is 0 Å². The lowest BCUT2D eigenvalue weighted by Gasteiger charge is -2.45. The second-order valence-electron chi connectivity index (χ2n) is 11.7. The highest BCUT2D eigenvalue weighted by molar-refractivity contribution is 5.93. The number of carbonyl (C=O) groups is 1. The molecule has 0 N–H and O–H groups in total. The highest BCUT2D eigenvalue weighted by Crippen LogP contribution is 2.40. The van der Waals surface area contributed by atoms with Gasteiger partial charge < -0.3 is 14.7 Å². The number of aryl methyl sites for hydroxylation is 1. The molecule has 2 aromatic rings. The van der Waals surface area contributed by atoms with E-state index in [2.05, 4.69) is 75.4 Å². The Morgan fingerprint density at radius 1 is 0.730 bits per heavy atom. The SMILES string of the molecule is O=C1N(CCCCc2ccccc2)CN(c2ccccc2)C12CCN(C1CCCCCCCCC1)CC2. The molecule has 0 aromatic heterocycles. The van der Waals surface area contributed by atoms with Gasteiger partial charge in [-0.25, -0.2) is 0 Å². The largest absolute Gasteiger partial charge is 0.339 e. The van der Waals surface area contributed by atoms with Gasteiger partial charge in [0.2, 0.25) is 5.91 Å². The summed E-state index contributed by atoms with van der Waals surface area (Å²) < 4.78 is 0. The van der Waals surface area contributed by atoms with Crippen LogP contribution in [-0.4, -0.2) is 53.6 Å². The second-order valence-corrected chi connectivity index (χ2v) is 11.7. The molecule has 2 aliphatic heterocycles. The first-order valence-electron chi connectivity index (χ1n) is 15.2. The van der Waals surface area contributed by atoms with Crippen LogP contribution in [0.4, 0.5) is 5.69 Å². The minimum absolute atomic E-state index is 0.368. The van der Waals surface area contributed by atoms with Crippen LogP contribution in [0.15, 0.2) is 60.7 Å². The summed E-state index contributed by atoms with van der Waals surface area (Å²) in [6.45, 7) is 3.71. The number of hydrogen-bond donors (Lipinski definition) is 0. The fourth-order valence-electron chi connectivity index (χ4n) is 7.06. The predicted octanol–water partition coefficient (Wildman–Crippen LogP) is 7.04. The Labute approximate surface area is 225 Å². The van der Waals surface area contributed by atoms with Gasteiger partial charge in [-0.05, 0) is 62.6 Å². The van der Waals surface area contributed by atoms with E-state index in [0.717, 1.165) is 58.4 Å². The number of amides is 1. The highest BCUT2D eigenvalue weighted by Gasteiger charge is 2.53. The molecule has 3 fully saturated rings. The van der Waals surface area contributed by atoms with Crippen molar-refractivity contribution in [3.05, 3.63) is 66.2 Å². The summed E-state index contributed by atoms with van der Waals surface area (Å²) in [6.07, 6.45) is 17.7. The molecule has 2 saturated heterocycles. The number of rotatable bonds is 7. The molecule has 0 atom stereocenters. The maximum Gasteiger partial charge on any atom is 0.250 e. The summed E-state index contributed by atoms with van der Waals surface area (Å²) in [5, 5.41) is 0. The molecule has 5 rings (SSSR count). The lowest BCUT2D eigenvalue weighted by Crippen LogP contribution is -2.58. The van der Waals surface area contributed by atoms with E-state index in [1.165, 1.54) is 69.0 Å². The third-order valence-electron chi connectivity index (χ3n) is 9.28. The molecule has 4 heteroatoms. The number of nitrogens with zero attached hydrogens (tertiary/aromatic N) is 3. The van der Waals surface area contributed by atoms with Gasteiger partial charge in [0.15, 0.2) is 0 Å². The first-order valence-corrected chi connectivity index (χ1v) is 15.2. The Morgan fingerprint density at radius 2 is 1.32 bits per heavy atom. The summed E-state index contributed by atoms with van der Waals surface area (Å²) in [5.41, 5.74) is 2.23. The van der Waals surface area contributed by atoms with Crippen molar-refractivity contribution in [3.63, 3.8) is 0 Å². The minimum Gasteiger partial charge on any atom is -0.339 e. The molecular weight excluding hydrogens is 454 g/mol. The molecule has 37 heavy (non-hydrogen) atoms. The smallest absolute Gasteiger partial charge is 0.250 e. The third-order valence-corrected chi connectivity index (χ3v) is 9.28. The zero-order valence-electron chi connectivity index (χ0n) is 22.8. The molecule has 4 nitrogen and oxygen atoms in total. The molecule has 1 aliphatic carbocycles. The van der Waals surface area contributed by atoms with Crippen LogP contribution in [0.5, 0.6) is 0 Å². The molecule has 200 valence electrons. The molecule has 1 saturated carbocycles. The molecular formula is C33H47N3O.